The first-order valence-electron chi connectivity index (χ1n) is 11.0. The lowest BCUT2D eigenvalue weighted by atomic mass is 10.0. The van der Waals surface area contributed by atoms with Crippen LogP contribution in [0.2, 0.25) is 0 Å². The molecule has 1 amide bonds. The van der Waals surface area contributed by atoms with Crippen LogP contribution in [-0.4, -0.2) is 49.1 Å². The van der Waals surface area contributed by atoms with Crippen LogP contribution < -0.4 is 26.3 Å². The third kappa shape index (κ3) is 4.81. The SMILES string of the molecule is COc1cc(Cc2cnc(N)nc2N)c2cc(CNc3cc(F)ccc3C(=O)N(C)C)oc2c1OC. The summed E-state index contributed by atoms with van der Waals surface area (Å²) in [6.45, 7) is 0.184. The van der Waals surface area contributed by atoms with Gasteiger partial charge in [0.15, 0.2) is 11.3 Å². The number of nitrogens with one attached hydrogen (secondary N) is 1. The van der Waals surface area contributed by atoms with E-state index in [2.05, 4.69) is 15.3 Å². The number of rotatable bonds is 8. The number of fused-ring (bicyclic) bond motifs is 1. The third-order valence-electron chi connectivity index (χ3n) is 5.66. The summed E-state index contributed by atoms with van der Waals surface area (Å²) in [4.78, 5) is 22.0. The van der Waals surface area contributed by atoms with Gasteiger partial charge in [-0.1, -0.05) is 0 Å². The fourth-order valence-electron chi connectivity index (χ4n) is 3.89. The van der Waals surface area contributed by atoms with Crippen LogP contribution in [0.25, 0.3) is 11.0 Å². The van der Waals surface area contributed by atoms with Gasteiger partial charge in [-0.3, -0.25) is 4.79 Å². The van der Waals surface area contributed by atoms with Crippen molar-refractivity contribution in [2.75, 3.05) is 45.1 Å². The van der Waals surface area contributed by atoms with Crippen molar-refractivity contribution in [1.82, 2.24) is 14.9 Å². The topological polar surface area (TPSA) is 142 Å². The molecular weight excluding hydrogens is 467 g/mol. The number of halogens is 1. The van der Waals surface area contributed by atoms with Gasteiger partial charge in [-0.2, -0.15) is 4.98 Å². The largest absolute Gasteiger partial charge is 0.493 e. The van der Waals surface area contributed by atoms with Gasteiger partial charge in [0.25, 0.3) is 5.91 Å². The molecule has 4 aromatic rings. The molecule has 0 spiro atoms. The Morgan fingerprint density at radius 2 is 1.92 bits per heavy atom. The maximum atomic E-state index is 14.0. The molecule has 0 atom stereocenters. The first-order chi connectivity index (χ1) is 17.2. The number of anilines is 3. The molecule has 0 radical (unpaired) electrons. The Labute approximate surface area is 207 Å². The molecule has 188 valence electrons. The normalized spacial score (nSPS) is 10.9. The number of carbonyl (C=O) groups is 1. The number of carbonyl (C=O) groups excluding carboxylic acids is 1. The van der Waals surface area contributed by atoms with Crippen molar-refractivity contribution in [2.24, 2.45) is 0 Å². The fraction of sp³-hybridized carbons (Fsp3) is 0.240. The highest BCUT2D eigenvalue weighted by Gasteiger charge is 2.20. The molecule has 0 aliphatic rings. The molecule has 11 heteroatoms. The lowest BCUT2D eigenvalue weighted by molar-refractivity contribution is 0.0828. The summed E-state index contributed by atoms with van der Waals surface area (Å²) in [5.74, 6) is 1.10. The van der Waals surface area contributed by atoms with Crippen molar-refractivity contribution < 1.29 is 23.1 Å². The number of aromatic nitrogens is 2. The Bertz CT molecular complexity index is 1440. The lowest BCUT2D eigenvalue weighted by Crippen LogP contribution is -2.23. The summed E-state index contributed by atoms with van der Waals surface area (Å²) >= 11 is 0. The van der Waals surface area contributed by atoms with Crippen LogP contribution in [0.4, 0.5) is 21.8 Å². The van der Waals surface area contributed by atoms with Crippen LogP contribution in [0, 0.1) is 5.82 Å². The van der Waals surface area contributed by atoms with Gasteiger partial charge in [0, 0.05) is 37.7 Å². The zero-order chi connectivity index (χ0) is 26.0. The molecule has 0 aliphatic carbocycles. The number of furan rings is 1. The third-order valence-corrected chi connectivity index (χ3v) is 5.66. The first kappa shape index (κ1) is 24.6. The number of nitrogen functional groups attached to an aromatic ring is 2. The maximum absolute atomic E-state index is 14.0. The average Bonchev–Trinajstić information content (AvgIpc) is 3.28. The van der Waals surface area contributed by atoms with Crippen LogP contribution in [0.3, 0.4) is 0 Å². The zero-order valence-electron chi connectivity index (χ0n) is 20.4. The van der Waals surface area contributed by atoms with Gasteiger partial charge >= 0.3 is 0 Å². The Morgan fingerprint density at radius 3 is 2.58 bits per heavy atom. The summed E-state index contributed by atoms with van der Waals surface area (Å²) in [6, 6.07) is 7.66. The molecule has 5 N–H and O–H groups in total. The number of amides is 1. The fourth-order valence-corrected chi connectivity index (χ4v) is 3.89. The Balaban J connectivity index is 1.72. The number of nitrogens with two attached hydrogens (primary N) is 2. The van der Waals surface area contributed by atoms with Gasteiger partial charge < -0.3 is 35.6 Å². The molecule has 0 saturated carbocycles. The van der Waals surface area contributed by atoms with E-state index in [1.165, 1.54) is 37.3 Å². The average molecular weight is 495 g/mol. The van der Waals surface area contributed by atoms with Crippen LogP contribution in [0.5, 0.6) is 11.5 Å². The lowest BCUT2D eigenvalue weighted by Gasteiger charge is -2.15. The summed E-state index contributed by atoms with van der Waals surface area (Å²) in [6.07, 6.45) is 1.97. The maximum Gasteiger partial charge on any atom is 0.255 e. The van der Waals surface area contributed by atoms with Gasteiger partial charge in [-0.25, -0.2) is 9.37 Å². The molecule has 0 saturated heterocycles. The second kappa shape index (κ2) is 9.98. The quantitative estimate of drug-likeness (QED) is 0.336. The van der Waals surface area contributed by atoms with E-state index in [1.807, 2.05) is 12.1 Å². The summed E-state index contributed by atoms with van der Waals surface area (Å²) in [5, 5.41) is 3.88. The van der Waals surface area contributed by atoms with Crippen LogP contribution in [0.1, 0.15) is 27.2 Å². The minimum Gasteiger partial charge on any atom is -0.493 e. The van der Waals surface area contributed by atoms with E-state index in [4.69, 9.17) is 25.4 Å². The second-order valence-corrected chi connectivity index (χ2v) is 8.29. The Hall–Kier alpha value is -4.54. The summed E-state index contributed by atoms with van der Waals surface area (Å²) in [7, 11) is 6.32. The van der Waals surface area contributed by atoms with Crippen molar-refractivity contribution in [3.05, 3.63) is 64.8 Å². The number of nitrogens with zero attached hydrogens (tertiary/aromatic N) is 3. The van der Waals surface area contributed by atoms with Gasteiger partial charge in [-0.15, -0.1) is 0 Å². The van der Waals surface area contributed by atoms with Gasteiger partial charge in [0.05, 0.1) is 32.0 Å². The van der Waals surface area contributed by atoms with E-state index >= 15 is 0 Å². The summed E-state index contributed by atoms with van der Waals surface area (Å²) < 4.78 is 31.2. The van der Waals surface area contributed by atoms with Crippen LogP contribution in [0.15, 0.2) is 40.9 Å². The Kier molecular flexibility index (Phi) is 6.82. The van der Waals surface area contributed by atoms with Crippen LogP contribution >= 0.6 is 0 Å². The molecule has 10 nitrogen and oxygen atoms in total. The molecule has 2 heterocycles. The summed E-state index contributed by atoms with van der Waals surface area (Å²) in [5.41, 5.74) is 14.4. The zero-order valence-corrected chi connectivity index (χ0v) is 20.4. The molecule has 2 aromatic heterocycles. The highest BCUT2D eigenvalue weighted by molar-refractivity contribution is 5.99. The minimum atomic E-state index is -0.464. The predicted octanol–water partition coefficient (Wildman–Crippen LogP) is 3.45. The van der Waals surface area contributed by atoms with Crippen LogP contribution in [-0.2, 0) is 13.0 Å². The van der Waals surface area contributed by atoms with Gasteiger partial charge in [0.1, 0.15) is 17.4 Å². The first-order valence-corrected chi connectivity index (χ1v) is 11.0. The van der Waals surface area contributed by atoms with E-state index in [0.29, 0.717) is 46.1 Å². The van der Waals surface area contributed by atoms with E-state index in [0.717, 1.165) is 10.9 Å². The Morgan fingerprint density at radius 1 is 1.14 bits per heavy atom. The number of benzene rings is 2. The molecule has 36 heavy (non-hydrogen) atoms. The number of ether oxygens (including phenoxy) is 2. The molecule has 0 aliphatic heterocycles. The predicted molar refractivity (Wildman–Crippen MR) is 135 cm³/mol. The molecule has 4 rings (SSSR count). The van der Waals surface area contributed by atoms with E-state index in [-0.39, 0.29) is 24.2 Å². The number of hydrogen-bond acceptors (Lipinski definition) is 9. The molecule has 0 fully saturated rings. The van der Waals surface area contributed by atoms with Crippen molar-refractivity contribution in [3.8, 4) is 11.5 Å². The van der Waals surface area contributed by atoms with Gasteiger partial charge in [-0.05, 0) is 35.9 Å². The second-order valence-electron chi connectivity index (χ2n) is 8.29. The minimum absolute atomic E-state index is 0.0925. The monoisotopic (exact) mass is 494 g/mol. The molecule has 2 aromatic carbocycles. The molecule has 0 bridgehead atoms. The molecule has 0 unspecified atom stereocenters. The van der Waals surface area contributed by atoms with Crippen molar-refractivity contribution in [1.29, 1.82) is 0 Å². The van der Waals surface area contributed by atoms with E-state index in [9.17, 15) is 9.18 Å². The van der Waals surface area contributed by atoms with Gasteiger partial charge in [0.2, 0.25) is 11.7 Å². The number of methoxy groups -OCH3 is 2. The molecular formula is C25H27FN6O4. The number of hydrogen-bond donors (Lipinski definition) is 3. The van der Waals surface area contributed by atoms with Crippen molar-refractivity contribution >= 4 is 34.3 Å². The highest BCUT2D eigenvalue weighted by Crippen LogP contribution is 2.40. The van der Waals surface area contributed by atoms with E-state index in [1.54, 1.807) is 20.3 Å². The standard InChI is InChI=1S/C25H27FN6O4/c1-32(2)24(33)17-6-5-15(26)9-19(17)29-12-16-10-18-13(7-14-11-30-25(28)31-23(14)27)8-20(34-3)22(35-4)21(18)36-16/h5-6,8-11,29H,7,12H2,1-4H3,(H4,27,28,30,31). The van der Waals surface area contributed by atoms with Crippen molar-refractivity contribution in [2.45, 2.75) is 13.0 Å². The highest BCUT2D eigenvalue weighted by atomic mass is 19.1. The van der Waals surface area contributed by atoms with E-state index < -0.39 is 5.82 Å². The smallest absolute Gasteiger partial charge is 0.255 e. The van der Waals surface area contributed by atoms with Crippen molar-refractivity contribution in [3.63, 3.8) is 0 Å².